The fourth-order valence-corrected chi connectivity index (χ4v) is 10.4. The second kappa shape index (κ2) is 62.9. The number of rotatable bonds is 62. The summed E-state index contributed by atoms with van der Waals surface area (Å²) in [6.45, 7) is 4.96. The zero-order chi connectivity index (χ0) is 52.9. The molecule has 0 saturated heterocycles. The molecule has 0 aliphatic carbocycles. The number of amides is 1. The highest BCUT2D eigenvalue weighted by Crippen LogP contribution is 2.18. The van der Waals surface area contributed by atoms with Crippen molar-refractivity contribution in [2.24, 2.45) is 0 Å². The third-order valence-corrected chi connectivity index (χ3v) is 15.5. The number of nitrogens with one attached hydrogen (secondary N) is 1. The lowest BCUT2D eigenvalue weighted by atomic mass is 10.0. The fraction of sp³-hybridized carbons (Fsp3) is 0.910. The minimum atomic E-state index is -0.664. The molecule has 432 valence electrons. The van der Waals surface area contributed by atoms with Gasteiger partial charge in [-0.1, -0.05) is 301 Å². The van der Waals surface area contributed by atoms with E-state index in [4.69, 9.17) is 4.74 Å². The van der Waals surface area contributed by atoms with Gasteiger partial charge >= 0.3 is 5.97 Å². The highest BCUT2D eigenvalue weighted by molar-refractivity contribution is 5.76. The zero-order valence-corrected chi connectivity index (χ0v) is 49.4. The molecule has 0 aromatic rings. The minimum Gasteiger partial charge on any atom is -0.466 e. The molecular formula is C67H129NO5. The molecule has 6 heteroatoms. The van der Waals surface area contributed by atoms with Crippen molar-refractivity contribution in [2.45, 2.75) is 379 Å². The summed E-state index contributed by atoms with van der Waals surface area (Å²) in [4.78, 5) is 24.5. The lowest BCUT2D eigenvalue weighted by Crippen LogP contribution is -2.45. The van der Waals surface area contributed by atoms with Gasteiger partial charge in [-0.3, -0.25) is 9.59 Å². The predicted octanol–water partition coefficient (Wildman–Crippen LogP) is 21.0. The smallest absolute Gasteiger partial charge is 0.305 e. The molecule has 2 unspecified atom stereocenters. The molecule has 6 nitrogen and oxygen atoms in total. The number of carbonyl (C=O) groups is 2. The lowest BCUT2D eigenvalue weighted by molar-refractivity contribution is -0.143. The minimum absolute atomic E-state index is 0.00695. The van der Waals surface area contributed by atoms with E-state index in [-0.39, 0.29) is 18.5 Å². The van der Waals surface area contributed by atoms with Gasteiger partial charge < -0.3 is 20.3 Å². The number of carbonyl (C=O) groups excluding carboxylic acids is 2. The third kappa shape index (κ3) is 59.4. The Kier molecular flexibility index (Phi) is 61.4. The molecular weight excluding hydrogens is 899 g/mol. The van der Waals surface area contributed by atoms with Gasteiger partial charge in [-0.05, 0) is 77.0 Å². The summed E-state index contributed by atoms with van der Waals surface area (Å²) in [7, 11) is 0. The van der Waals surface area contributed by atoms with E-state index in [1.54, 1.807) is 0 Å². The van der Waals surface area contributed by atoms with E-state index in [1.807, 2.05) is 0 Å². The molecule has 0 heterocycles. The summed E-state index contributed by atoms with van der Waals surface area (Å²) in [5.74, 6) is -0.0256. The number of unbranched alkanes of at least 4 members (excludes halogenated alkanes) is 47. The maximum Gasteiger partial charge on any atom is 0.305 e. The maximum absolute atomic E-state index is 12.5. The van der Waals surface area contributed by atoms with Crippen LogP contribution in [0.4, 0.5) is 0 Å². The molecule has 1 amide bonds. The van der Waals surface area contributed by atoms with Gasteiger partial charge in [-0.2, -0.15) is 0 Å². The van der Waals surface area contributed by atoms with Crippen LogP contribution in [0.2, 0.25) is 0 Å². The van der Waals surface area contributed by atoms with Crippen molar-refractivity contribution in [2.75, 3.05) is 13.2 Å². The Morgan fingerprint density at radius 2 is 0.644 bits per heavy atom. The van der Waals surface area contributed by atoms with E-state index in [1.165, 1.54) is 289 Å². The summed E-state index contributed by atoms with van der Waals surface area (Å²) in [5, 5.41) is 23.3. The van der Waals surface area contributed by atoms with E-state index >= 15 is 0 Å². The van der Waals surface area contributed by atoms with Crippen molar-refractivity contribution in [3.05, 3.63) is 24.3 Å². The van der Waals surface area contributed by atoms with Crippen LogP contribution in [0.15, 0.2) is 24.3 Å². The quantitative estimate of drug-likeness (QED) is 0.0320. The number of allylic oxidation sites excluding steroid dienone is 4. The summed E-state index contributed by atoms with van der Waals surface area (Å²) in [6.07, 6.45) is 77.8. The highest BCUT2D eigenvalue weighted by atomic mass is 16.5. The SMILES string of the molecule is CCCCCC/C=C\CCCCCCCC(=O)OCCCCCCCCCCCCCC/C=C\CCCCCCCCCCCCCCC(=O)NC(CO)C(O)CCCCCCCCCCCCCCCCC. The molecule has 0 saturated carbocycles. The Morgan fingerprint density at radius 1 is 0.370 bits per heavy atom. The van der Waals surface area contributed by atoms with Crippen molar-refractivity contribution in [1.29, 1.82) is 0 Å². The van der Waals surface area contributed by atoms with Crippen molar-refractivity contribution in [1.82, 2.24) is 5.32 Å². The number of aliphatic hydroxyl groups is 2. The van der Waals surface area contributed by atoms with Crippen LogP contribution in [-0.2, 0) is 14.3 Å². The molecule has 0 aromatic carbocycles. The van der Waals surface area contributed by atoms with Gasteiger partial charge in [0.25, 0.3) is 0 Å². The molecule has 0 aliphatic heterocycles. The van der Waals surface area contributed by atoms with Crippen molar-refractivity contribution >= 4 is 11.9 Å². The number of hydrogen-bond acceptors (Lipinski definition) is 5. The lowest BCUT2D eigenvalue weighted by Gasteiger charge is -2.22. The Hall–Kier alpha value is -1.66. The van der Waals surface area contributed by atoms with E-state index in [2.05, 4.69) is 43.5 Å². The summed E-state index contributed by atoms with van der Waals surface area (Å²) in [5.41, 5.74) is 0. The van der Waals surface area contributed by atoms with Gasteiger partial charge in [-0.25, -0.2) is 0 Å². The van der Waals surface area contributed by atoms with E-state index in [9.17, 15) is 19.8 Å². The number of esters is 1. The molecule has 0 radical (unpaired) electrons. The van der Waals surface area contributed by atoms with E-state index in [0.717, 1.165) is 44.9 Å². The highest BCUT2D eigenvalue weighted by Gasteiger charge is 2.20. The van der Waals surface area contributed by atoms with E-state index in [0.29, 0.717) is 25.9 Å². The van der Waals surface area contributed by atoms with Crippen LogP contribution in [0, 0.1) is 0 Å². The van der Waals surface area contributed by atoms with Gasteiger partial charge in [0.15, 0.2) is 0 Å². The standard InChI is InChI=1S/C67H129NO5/c1-3-5-7-9-11-13-15-17-32-36-39-43-47-51-55-59-65(70)64(63-69)68-66(71)60-56-52-48-44-40-37-33-30-28-26-24-22-20-18-19-21-23-25-27-29-31-34-38-42-46-50-54-58-62-73-67(72)61-57-53-49-45-41-35-16-14-12-10-8-6-4-2/h14,16,18-19,64-65,69-70H,3-13,15,17,20-63H2,1-2H3,(H,68,71)/b16-14-,19-18-. The maximum atomic E-state index is 12.5. The average Bonchev–Trinajstić information content (AvgIpc) is 3.39. The molecule has 0 aromatic heterocycles. The molecule has 0 rings (SSSR count). The fourth-order valence-electron chi connectivity index (χ4n) is 10.4. The van der Waals surface area contributed by atoms with Crippen LogP contribution in [0.3, 0.4) is 0 Å². The summed E-state index contributed by atoms with van der Waals surface area (Å²) < 4.78 is 5.48. The first-order valence-corrected chi connectivity index (χ1v) is 33.1. The van der Waals surface area contributed by atoms with Gasteiger partial charge in [0.2, 0.25) is 5.91 Å². The number of aliphatic hydroxyl groups excluding tert-OH is 2. The Morgan fingerprint density at radius 3 is 0.986 bits per heavy atom. The zero-order valence-electron chi connectivity index (χ0n) is 49.4. The molecule has 0 aliphatic rings. The van der Waals surface area contributed by atoms with Gasteiger partial charge in [-0.15, -0.1) is 0 Å². The molecule has 0 fully saturated rings. The van der Waals surface area contributed by atoms with Crippen LogP contribution in [0.1, 0.15) is 367 Å². The molecule has 0 spiro atoms. The van der Waals surface area contributed by atoms with Crippen LogP contribution in [-0.4, -0.2) is 47.4 Å². The van der Waals surface area contributed by atoms with Crippen LogP contribution in [0.5, 0.6) is 0 Å². The second-order valence-corrected chi connectivity index (χ2v) is 22.8. The molecule has 3 N–H and O–H groups in total. The largest absolute Gasteiger partial charge is 0.466 e. The van der Waals surface area contributed by atoms with Crippen LogP contribution >= 0.6 is 0 Å². The average molecular weight is 1030 g/mol. The number of ether oxygens (including phenoxy) is 1. The van der Waals surface area contributed by atoms with Gasteiger partial charge in [0, 0.05) is 12.8 Å². The van der Waals surface area contributed by atoms with Crippen molar-refractivity contribution in [3.8, 4) is 0 Å². The first-order valence-electron chi connectivity index (χ1n) is 33.1. The first-order chi connectivity index (χ1) is 36.0. The number of hydrogen-bond donors (Lipinski definition) is 3. The summed E-state index contributed by atoms with van der Waals surface area (Å²) in [6, 6.07) is -0.541. The van der Waals surface area contributed by atoms with Crippen LogP contribution in [0.25, 0.3) is 0 Å². The monoisotopic (exact) mass is 1030 g/mol. The topological polar surface area (TPSA) is 95.9 Å². The van der Waals surface area contributed by atoms with Gasteiger partial charge in [0.05, 0.1) is 25.4 Å². The Balaban J connectivity index is 3.37. The first kappa shape index (κ1) is 71.3. The predicted molar refractivity (Wildman–Crippen MR) is 320 cm³/mol. The van der Waals surface area contributed by atoms with E-state index < -0.39 is 12.1 Å². The Bertz CT molecular complexity index is 1140. The Labute approximate surface area is 456 Å². The third-order valence-electron chi connectivity index (χ3n) is 15.5. The molecule has 0 bridgehead atoms. The van der Waals surface area contributed by atoms with Crippen molar-refractivity contribution < 1.29 is 24.5 Å². The molecule has 73 heavy (non-hydrogen) atoms. The molecule has 2 atom stereocenters. The second-order valence-electron chi connectivity index (χ2n) is 22.8. The summed E-state index contributed by atoms with van der Waals surface area (Å²) >= 11 is 0. The van der Waals surface area contributed by atoms with Crippen molar-refractivity contribution in [3.63, 3.8) is 0 Å². The normalized spacial score (nSPS) is 12.7. The van der Waals surface area contributed by atoms with Crippen LogP contribution < -0.4 is 5.32 Å². The van der Waals surface area contributed by atoms with Gasteiger partial charge in [0.1, 0.15) is 0 Å².